The van der Waals surface area contributed by atoms with Gasteiger partial charge in [-0.25, -0.2) is 0 Å². The van der Waals surface area contributed by atoms with Crippen molar-refractivity contribution in [3.05, 3.63) is 48.6 Å². The Morgan fingerprint density at radius 2 is 0.712 bits per heavy atom. The molecule has 0 spiro atoms. The summed E-state index contributed by atoms with van der Waals surface area (Å²) in [5.74, 6) is -0.617. The molecule has 0 aliphatic heterocycles. The molecule has 4 unspecified atom stereocenters. The lowest BCUT2D eigenvalue weighted by molar-refractivity contribution is -0.132. The molecule has 346 valence electrons. The number of nitrogens with one attached hydrogen (secondary N) is 1. The van der Waals surface area contributed by atoms with E-state index < -0.39 is 36.9 Å². The van der Waals surface area contributed by atoms with Crippen molar-refractivity contribution in [1.29, 1.82) is 0 Å². The Hall–Kier alpha value is -1.73. The van der Waals surface area contributed by atoms with E-state index in [2.05, 4.69) is 67.8 Å². The van der Waals surface area contributed by atoms with E-state index in [-0.39, 0.29) is 0 Å². The molecule has 0 bridgehead atoms. The minimum absolute atomic E-state index is 0.326. The summed E-state index contributed by atoms with van der Waals surface area (Å²) in [7, 11) is 0. The van der Waals surface area contributed by atoms with Gasteiger partial charge in [0.25, 0.3) is 0 Å². The van der Waals surface area contributed by atoms with Crippen LogP contribution >= 0.6 is 0 Å². The molecule has 6 heteroatoms. The quantitative estimate of drug-likeness (QED) is 0.0310. The van der Waals surface area contributed by atoms with E-state index in [4.69, 9.17) is 0 Å². The summed E-state index contributed by atoms with van der Waals surface area (Å²) in [6, 6.07) is -1.02. The number of allylic oxidation sites excluding steroid dienone is 8. The largest absolute Gasteiger partial charge is 0.394 e. The second-order valence-electron chi connectivity index (χ2n) is 17.5. The van der Waals surface area contributed by atoms with Crippen LogP contribution in [0.1, 0.15) is 251 Å². The summed E-state index contributed by atoms with van der Waals surface area (Å²) in [4.78, 5) is 12.5. The fourth-order valence-electron chi connectivity index (χ4n) is 7.67. The van der Waals surface area contributed by atoms with Crippen molar-refractivity contribution in [2.24, 2.45) is 0 Å². The van der Waals surface area contributed by atoms with Crippen LogP contribution in [0.5, 0.6) is 0 Å². The van der Waals surface area contributed by atoms with Crippen LogP contribution in [0.2, 0.25) is 0 Å². The Kier molecular flexibility index (Phi) is 45.9. The van der Waals surface area contributed by atoms with Crippen LogP contribution in [0.3, 0.4) is 0 Å². The molecule has 0 saturated heterocycles. The van der Waals surface area contributed by atoms with E-state index in [0.29, 0.717) is 25.7 Å². The molecule has 0 aromatic carbocycles. The standard InChI is InChI=1S/C53H99NO5/c1-3-5-7-9-11-13-15-17-18-19-20-21-22-23-24-25-26-27-28-29-30-31-32-33-34-35-37-38-40-42-44-46-50(56)52(58)49(48-55)54-53(59)51(57)47-45-43-41-39-36-16-14-12-10-8-6-4-2/h29-30,33-34,36,38-40,49-52,55-58H,3-28,31-32,35,37,41-48H2,1-2H3,(H,54,59)/b30-29+,34-33+,39-36-,40-38+. The lowest BCUT2D eigenvalue weighted by atomic mass is 10.00. The Balaban J connectivity index is 3.71. The number of carbonyl (C=O) groups is 1. The molecule has 6 nitrogen and oxygen atoms in total. The van der Waals surface area contributed by atoms with Gasteiger partial charge in [0.15, 0.2) is 0 Å². The number of carbonyl (C=O) groups excluding carboxylic acids is 1. The van der Waals surface area contributed by atoms with Gasteiger partial charge in [0.1, 0.15) is 12.2 Å². The first-order valence-corrected chi connectivity index (χ1v) is 25.5. The molecule has 0 saturated carbocycles. The summed E-state index contributed by atoms with van der Waals surface area (Å²) >= 11 is 0. The van der Waals surface area contributed by atoms with Gasteiger partial charge in [-0.15, -0.1) is 0 Å². The average molecular weight is 830 g/mol. The predicted molar refractivity (Wildman–Crippen MR) is 256 cm³/mol. The number of aliphatic hydroxyl groups is 4. The fourth-order valence-corrected chi connectivity index (χ4v) is 7.67. The fraction of sp³-hybridized carbons (Fsp3) is 0.830. The van der Waals surface area contributed by atoms with Gasteiger partial charge in [-0.2, -0.15) is 0 Å². The van der Waals surface area contributed by atoms with Gasteiger partial charge in [0, 0.05) is 0 Å². The molecule has 0 aromatic rings. The van der Waals surface area contributed by atoms with Crippen LogP contribution < -0.4 is 5.32 Å². The van der Waals surface area contributed by atoms with Crippen molar-refractivity contribution in [3.8, 4) is 0 Å². The van der Waals surface area contributed by atoms with Gasteiger partial charge in [-0.3, -0.25) is 4.79 Å². The maximum Gasteiger partial charge on any atom is 0.249 e. The molecule has 0 heterocycles. The summed E-state index contributed by atoms with van der Waals surface area (Å²) < 4.78 is 0. The van der Waals surface area contributed by atoms with Crippen molar-refractivity contribution >= 4 is 5.91 Å². The zero-order valence-electron chi connectivity index (χ0n) is 39.0. The summed E-state index contributed by atoms with van der Waals surface area (Å²) in [5.41, 5.74) is 0. The molecule has 59 heavy (non-hydrogen) atoms. The Labute approximate surface area is 366 Å². The highest BCUT2D eigenvalue weighted by atomic mass is 16.3. The summed E-state index contributed by atoms with van der Waals surface area (Å²) in [5, 5.41) is 43.6. The van der Waals surface area contributed by atoms with Crippen LogP contribution in [0.15, 0.2) is 48.6 Å². The SMILES string of the molecule is CCCCCCCC/C=C\CCCCC(O)C(=O)NC(CO)C(O)C(O)CCC/C=C/CC/C=C/CC/C=C/CCCCCCCCCCCCCCCCCCCC. The second kappa shape index (κ2) is 47.3. The number of unbranched alkanes of at least 4 members (excludes halogenated alkanes) is 29. The second-order valence-corrected chi connectivity index (χ2v) is 17.5. The molecule has 4 atom stereocenters. The van der Waals surface area contributed by atoms with Crippen LogP contribution in [0, 0.1) is 0 Å². The third-order valence-corrected chi connectivity index (χ3v) is 11.7. The lowest BCUT2D eigenvalue weighted by Crippen LogP contribution is -2.53. The minimum Gasteiger partial charge on any atom is -0.394 e. The minimum atomic E-state index is -1.30. The van der Waals surface area contributed by atoms with E-state index >= 15 is 0 Å². The average Bonchev–Trinajstić information content (AvgIpc) is 3.24. The number of aliphatic hydroxyl groups excluding tert-OH is 4. The highest BCUT2D eigenvalue weighted by molar-refractivity contribution is 5.80. The van der Waals surface area contributed by atoms with Crippen LogP contribution in [0.4, 0.5) is 0 Å². The first-order valence-electron chi connectivity index (χ1n) is 25.5. The van der Waals surface area contributed by atoms with E-state index in [1.54, 1.807) is 0 Å². The van der Waals surface area contributed by atoms with Gasteiger partial charge in [0.05, 0.1) is 18.8 Å². The zero-order valence-corrected chi connectivity index (χ0v) is 39.0. The summed E-state index contributed by atoms with van der Waals surface area (Å²) in [6.45, 7) is 4.02. The molecule has 0 aromatic heterocycles. The molecular formula is C53H99NO5. The zero-order chi connectivity index (χ0) is 43.1. The third-order valence-electron chi connectivity index (χ3n) is 11.7. The van der Waals surface area contributed by atoms with Gasteiger partial charge >= 0.3 is 0 Å². The van der Waals surface area contributed by atoms with Gasteiger partial charge in [-0.1, -0.05) is 210 Å². The van der Waals surface area contributed by atoms with Crippen molar-refractivity contribution in [1.82, 2.24) is 5.32 Å². The number of hydrogen-bond donors (Lipinski definition) is 5. The van der Waals surface area contributed by atoms with Crippen molar-refractivity contribution in [3.63, 3.8) is 0 Å². The molecule has 0 aliphatic rings. The maximum absolute atomic E-state index is 12.5. The Bertz CT molecular complexity index is 977. The van der Waals surface area contributed by atoms with E-state index in [9.17, 15) is 25.2 Å². The normalized spacial score (nSPS) is 14.3. The third kappa shape index (κ3) is 41.4. The van der Waals surface area contributed by atoms with Crippen LogP contribution in [-0.2, 0) is 4.79 Å². The number of rotatable bonds is 46. The molecule has 0 aliphatic carbocycles. The highest BCUT2D eigenvalue weighted by Crippen LogP contribution is 2.16. The Morgan fingerprint density at radius 3 is 1.07 bits per heavy atom. The number of hydrogen-bond acceptors (Lipinski definition) is 5. The van der Waals surface area contributed by atoms with Crippen molar-refractivity contribution < 1.29 is 25.2 Å². The summed E-state index contributed by atoms with van der Waals surface area (Å²) in [6.07, 6.45) is 59.0. The first-order chi connectivity index (χ1) is 29.0. The highest BCUT2D eigenvalue weighted by Gasteiger charge is 2.28. The number of amides is 1. The topological polar surface area (TPSA) is 110 Å². The molecule has 0 radical (unpaired) electrons. The van der Waals surface area contributed by atoms with E-state index in [1.807, 2.05) is 0 Å². The molecular weight excluding hydrogens is 731 g/mol. The molecule has 1 amide bonds. The van der Waals surface area contributed by atoms with Crippen molar-refractivity contribution in [2.45, 2.75) is 276 Å². The van der Waals surface area contributed by atoms with Gasteiger partial charge in [0.2, 0.25) is 5.91 Å². The van der Waals surface area contributed by atoms with Crippen LogP contribution in [0.25, 0.3) is 0 Å². The lowest BCUT2D eigenvalue weighted by Gasteiger charge is -2.27. The maximum atomic E-state index is 12.5. The molecule has 5 N–H and O–H groups in total. The monoisotopic (exact) mass is 830 g/mol. The van der Waals surface area contributed by atoms with E-state index in [0.717, 1.165) is 51.4 Å². The van der Waals surface area contributed by atoms with Crippen molar-refractivity contribution in [2.75, 3.05) is 6.61 Å². The smallest absolute Gasteiger partial charge is 0.249 e. The predicted octanol–water partition coefficient (Wildman–Crippen LogP) is 14.2. The van der Waals surface area contributed by atoms with Gasteiger partial charge < -0.3 is 25.7 Å². The molecule has 0 rings (SSSR count). The molecule has 0 fully saturated rings. The van der Waals surface area contributed by atoms with E-state index in [1.165, 1.54) is 161 Å². The Morgan fingerprint density at radius 1 is 0.407 bits per heavy atom. The van der Waals surface area contributed by atoms with Gasteiger partial charge in [-0.05, 0) is 89.9 Å². The first kappa shape index (κ1) is 57.3. The van der Waals surface area contributed by atoms with Crippen LogP contribution in [-0.4, -0.2) is 57.3 Å².